The highest BCUT2D eigenvalue weighted by atomic mass is 79.9. The van der Waals surface area contributed by atoms with Crippen molar-refractivity contribution < 1.29 is 9.72 Å². The highest BCUT2D eigenvalue weighted by molar-refractivity contribution is 9.10. The molecule has 0 aliphatic rings. The molecule has 24 heavy (non-hydrogen) atoms. The summed E-state index contributed by atoms with van der Waals surface area (Å²) in [7, 11) is 0. The fourth-order valence-corrected chi connectivity index (χ4v) is 2.51. The zero-order valence-corrected chi connectivity index (χ0v) is 14.7. The number of hydrogen-bond donors (Lipinski definition) is 2. The van der Waals surface area contributed by atoms with Crippen LogP contribution in [-0.2, 0) is 4.79 Å². The van der Waals surface area contributed by atoms with Gasteiger partial charge in [0.05, 0.1) is 11.0 Å². The molecule has 0 saturated heterocycles. The van der Waals surface area contributed by atoms with E-state index in [2.05, 4.69) is 26.6 Å². The molecule has 1 unspecified atom stereocenters. The van der Waals surface area contributed by atoms with E-state index in [-0.39, 0.29) is 24.1 Å². The first-order valence-corrected chi connectivity index (χ1v) is 8.29. The van der Waals surface area contributed by atoms with E-state index in [0.29, 0.717) is 12.2 Å². The molecule has 126 valence electrons. The second-order valence-electron chi connectivity index (χ2n) is 5.29. The highest BCUT2D eigenvalue weighted by Gasteiger charge is 2.13. The number of hydrogen-bond acceptors (Lipinski definition) is 4. The van der Waals surface area contributed by atoms with Crippen LogP contribution in [0.5, 0.6) is 0 Å². The van der Waals surface area contributed by atoms with Crippen LogP contribution in [0.15, 0.2) is 53.0 Å². The summed E-state index contributed by atoms with van der Waals surface area (Å²) in [5, 5.41) is 16.8. The van der Waals surface area contributed by atoms with Crippen molar-refractivity contribution in [2.24, 2.45) is 0 Å². The average molecular weight is 392 g/mol. The summed E-state index contributed by atoms with van der Waals surface area (Å²) in [6, 6.07) is 14.0. The molecule has 6 nitrogen and oxygen atoms in total. The minimum absolute atomic E-state index is 0.00105. The van der Waals surface area contributed by atoms with Crippen molar-refractivity contribution >= 4 is 33.2 Å². The largest absolute Gasteiger partial charge is 0.379 e. The third-order valence-electron chi connectivity index (χ3n) is 3.52. The van der Waals surface area contributed by atoms with E-state index in [9.17, 15) is 14.9 Å². The van der Waals surface area contributed by atoms with Crippen LogP contribution in [0.2, 0.25) is 0 Å². The number of nitrogens with zero attached hydrogens (tertiary/aromatic N) is 1. The van der Waals surface area contributed by atoms with Gasteiger partial charge >= 0.3 is 0 Å². The van der Waals surface area contributed by atoms with Crippen molar-refractivity contribution in [2.45, 2.75) is 19.4 Å². The summed E-state index contributed by atoms with van der Waals surface area (Å²) in [4.78, 5) is 22.5. The molecule has 0 heterocycles. The number of benzene rings is 2. The Morgan fingerprint density at radius 2 is 1.88 bits per heavy atom. The Bertz CT molecular complexity index is 719. The van der Waals surface area contributed by atoms with Gasteiger partial charge in [-0.1, -0.05) is 40.2 Å². The Morgan fingerprint density at radius 1 is 1.21 bits per heavy atom. The second kappa shape index (κ2) is 8.44. The molecule has 0 fully saturated rings. The number of anilines is 1. The van der Waals surface area contributed by atoms with Crippen LogP contribution in [0.3, 0.4) is 0 Å². The lowest BCUT2D eigenvalue weighted by Crippen LogP contribution is -2.28. The number of carbonyl (C=O) groups is 1. The second-order valence-corrected chi connectivity index (χ2v) is 6.21. The number of para-hydroxylation sites is 2. The third kappa shape index (κ3) is 5.06. The van der Waals surface area contributed by atoms with Crippen LogP contribution >= 0.6 is 15.9 Å². The van der Waals surface area contributed by atoms with Crippen molar-refractivity contribution in [3.8, 4) is 0 Å². The number of nitro benzene ring substituents is 1. The average Bonchev–Trinajstić information content (AvgIpc) is 2.55. The lowest BCUT2D eigenvalue weighted by molar-refractivity contribution is -0.384. The van der Waals surface area contributed by atoms with Gasteiger partial charge in [-0.3, -0.25) is 14.9 Å². The first kappa shape index (κ1) is 17.9. The van der Waals surface area contributed by atoms with Gasteiger partial charge in [-0.15, -0.1) is 0 Å². The Labute approximate surface area is 148 Å². The molecule has 0 radical (unpaired) electrons. The number of carbonyl (C=O) groups excluding carboxylic acids is 1. The fraction of sp³-hybridized carbons (Fsp3) is 0.235. The minimum atomic E-state index is -0.446. The van der Waals surface area contributed by atoms with E-state index < -0.39 is 4.92 Å². The molecular formula is C17H18BrN3O3. The monoisotopic (exact) mass is 391 g/mol. The molecule has 1 amide bonds. The molecule has 0 saturated carbocycles. The lowest BCUT2D eigenvalue weighted by atomic mass is 10.1. The smallest absolute Gasteiger partial charge is 0.292 e. The number of nitrogens with one attached hydrogen (secondary N) is 2. The highest BCUT2D eigenvalue weighted by Crippen LogP contribution is 2.23. The maximum absolute atomic E-state index is 12.0. The summed E-state index contributed by atoms with van der Waals surface area (Å²) < 4.78 is 0.985. The molecule has 2 aromatic rings. The molecule has 0 aliphatic carbocycles. The van der Waals surface area contributed by atoms with Gasteiger partial charge in [0, 0.05) is 23.5 Å². The van der Waals surface area contributed by atoms with E-state index in [1.165, 1.54) is 6.07 Å². The van der Waals surface area contributed by atoms with Gasteiger partial charge in [0.2, 0.25) is 5.91 Å². The van der Waals surface area contributed by atoms with Crippen LogP contribution < -0.4 is 10.6 Å². The third-order valence-corrected chi connectivity index (χ3v) is 4.04. The van der Waals surface area contributed by atoms with Crippen molar-refractivity contribution in [3.63, 3.8) is 0 Å². The van der Waals surface area contributed by atoms with Gasteiger partial charge in [-0.25, -0.2) is 0 Å². The van der Waals surface area contributed by atoms with Gasteiger partial charge < -0.3 is 10.6 Å². The number of amides is 1. The van der Waals surface area contributed by atoms with E-state index in [1.807, 2.05) is 31.2 Å². The molecule has 0 aromatic heterocycles. The van der Waals surface area contributed by atoms with Crippen molar-refractivity contribution in [2.75, 3.05) is 11.9 Å². The molecule has 2 aromatic carbocycles. The maximum Gasteiger partial charge on any atom is 0.292 e. The van der Waals surface area contributed by atoms with Gasteiger partial charge in [-0.2, -0.15) is 0 Å². The van der Waals surface area contributed by atoms with E-state index >= 15 is 0 Å². The Hall–Kier alpha value is -2.41. The Morgan fingerprint density at radius 3 is 2.54 bits per heavy atom. The SMILES string of the molecule is CC(NC(=O)CCNc1ccccc1[N+](=O)[O-])c1ccc(Br)cc1. The number of nitro groups is 1. The predicted molar refractivity (Wildman–Crippen MR) is 96.9 cm³/mol. The first-order valence-electron chi connectivity index (χ1n) is 7.49. The molecule has 7 heteroatoms. The first-order chi connectivity index (χ1) is 11.5. The molecule has 1 atom stereocenters. The van der Waals surface area contributed by atoms with Gasteiger partial charge in [0.1, 0.15) is 5.69 Å². The maximum atomic E-state index is 12.0. The van der Waals surface area contributed by atoms with E-state index in [1.54, 1.807) is 18.2 Å². The van der Waals surface area contributed by atoms with Gasteiger partial charge in [-0.05, 0) is 30.7 Å². The lowest BCUT2D eigenvalue weighted by Gasteiger charge is -2.15. The quantitative estimate of drug-likeness (QED) is 0.550. The van der Waals surface area contributed by atoms with Gasteiger partial charge in [0.15, 0.2) is 0 Å². The zero-order chi connectivity index (χ0) is 17.5. The molecular weight excluding hydrogens is 374 g/mol. The Balaban J connectivity index is 1.83. The van der Waals surface area contributed by atoms with Crippen LogP contribution in [0.4, 0.5) is 11.4 Å². The Kier molecular flexibility index (Phi) is 6.31. The van der Waals surface area contributed by atoms with Gasteiger partial charge in [0.25, 0.3) is 5.69 Å². The molecule has 0 aliphatic heterocycles. The van der Waals surface area contributed by atoms with Crippen LogP contribution in [0.25, 0.3) is 0 Å². The molecule has 2 N–H and O–H groups in total. The minimum Gasteiger partial charge on any atom is -0.379 e. The number of rotatable bonds is 7. The summed E-state index contributed by atoms with van der Waals surface area (Å²) in [5.41, 5.74) is 1.43. The zero-order valence-electron chi connectivity index (χ0n) is 13.2. The van der Waals surface area contributed by atoms with Crippen LogP contribution in [0, 0.1) is 10.1 Å². The van der Waals surface area contributed by atoms with Crippen LogP contribution in [-0.4, -0.2) is 17.4 Å². The van der Waals surface area contributed by atoms with E-state index in [4.69, 9.17) is 0 Å². The van der Waals surface area contributed by atoms with Crippen LogP contribution in [0.1, 0.15) is 24.9 Å². The summed E-state index contributed by atoms with van der Waals surface area (Å²) >= 11 is 3.37. The van der Waals surface area contributed by atoms with E-state index in [0.717, 1.165) is 10.0 Å². The van der Waals surface area contributed by atoms with Crippen molar-refractivity contribution in [1.29, 1.82) is 0 Å². The van der Waals surface area contributed by atoms with Crippen molar-refractivity contribution in [3.05, 3.63) is 68.7 Å². The predicted octanol–water partition coefficient (Wildman–Crippen LogP) is 4.04. The summed E-state index contributed by atoms with van der Waals surface area (Å²) in [5.74, 6) is -0.114. The molecule has 0 bridgehead atoms. The fourth-order valence-electron chi connectivity index (χ4n) is 2.24. The topological polar surface area (TPSA) is 84.3 Å². The van der Waals surface area contributed by atoms with Crippen molar-refractivity contribution in [1.82, 2.24) is 5.32 Å². The molecule has 0 spiro atoms. The standard InChI is InChI=1S/C17H18BrN3O3/c1-12(13-6-8-14(18)9-7-13)20-17(22)10-11-19-15-4-2-3-5-16(15)21(23)24/h2-9,12,19H,10-11H2,1H3,(H,20,22). The summed E-state index contributed by atoms with van der Waals surface area (Å²) in [6.45, 7) is 2.24. The normalized spacial score (nSPS) is 11.6. The number of halogens is 1. The molecule has 2 rings (SSSR count). The summed E-state index contributed by atoms with van der Waals surface area (Å²) in [6.07, 6.45) is 0.229.